The number of aromatic nitrogens is 2. The Balaban J connectivity index is 0.00000121. The molecule has 1 aromatic rings. The van der Waals surface area contributed by atoms with Crippen LogP contribution in [-0.2, 0) is 6.54 Å². The maximum absolute atomic E-state index is 10.00. The molecule has 0 radical (unpaired) electrons. The normalized spacial score (nSPS) is 9.08. The van der Waals surface area contributed by atoms with Crippen LogP contribution in [0.1, 0.15) is 0 Å². The lowest BCUT2D eigenvalue weighted by molar-refractivity contribution is 0.270. The minimum absolute atomic E-state index is 0. The van der Waals surface area contributed by atoms with Gasteiger partial charge in [0.2, 0.25) is 0 Å². The van der Waals surface area contributed by atoms with Crippen molar-refractivity contribution in [3.63, 3.8) is 0 Å². The summed E-state index contributed by atoms with van der Waals surface area (Å²) in [5.41, 5.74) is 5.51. The third kappa shape index (κ3) is 1.93. The number of aliphatic hydroxyl groups excluding tert-OH is 1. The van der Waals surface area contributed by atoms with Gasteiger partial charge in [0.05, 0.1) is 19.3 Å². The molecule has 12 heavy (non-hydrogen) atoms. The van der Waals surface area contributed by atoms with E-state index in [1.165, 1.54) is 10.9 Å². The maximum Gasteiger partial charge on any atom is 0.169 e. The molecule has 6 nitrogen and oxygen atoms in total. The van der Waals surface area contributed by atoms with E-state index in [4.69, 9.17) is 10.8 Å². The van der Waals surface area contributed by atoms with E-state index in [1.54, 1.807) is 0 Å². The Morgan fingerprint density at radius 2 is 2.42 bits per heavy atom. The smallest absolute Gasteiger partial charge is 0.169 e. The molecule has 3 N–H and O–H groups in total. The average molecular weight is 193 g/mol. The molecule has 0 aliphatic carbocycles. The van der Waals surface area contributed by atoms with Crippen molar-refractivity contribution < 1.29 is 5.11 Å². The fraction of sp³-hybridized carbons (Fsp3) is 0.400. The molecule has 0 atom stereocenters. The van der Waals surface area contributed by atoms with Crippen molar-refractivity contribution in [2.24, 2.45) is 5.18 Å². The summed E-state index contributed by atoms with van der Waals surface area (Å²) in [5, 5.41) is 14.8. The molecule has 0 aromatic carbocycles. The number of rotatable bonds is 3. The van der Waals surface area contributed by atoms with E-state index in [2.05, 4.69) is 10.3 Å². The Hall–Kier alpha value is -1.14. The molecule has 7 heteroatoms. The first-order chi connectivity index (χ1) is 5.29. The molecular formula is C5H9ClN4O2. The van der Waals surface area contributed by atoms with Crippen LogP contribution < -0.4 is 5.73 Å². The van der Waals surface area contributed by atoms with Crippen molar-refractivity contribution >= 4 is 23.9 Å². The van der Waals surface area contributed by atoms with Crippen LogP contribution >= 0.6 is 12.4 Å². The van der Waals surface area contributed by atoms with Gasteiger partial charge in [-0.2, -0.15) is 5.10 Å². The van der Waals surface area contributed by atoms with Crippen molar-refractivity contribution in [2.45, 2.75) is 6.54 Å². The fourth-order valence-corrected chi connectivity index (χ4v) is 0.728. The summed E-state index contributed by atoms with van der Waals surface area (Å²) in [6.07, 6.45) is 1.26. The second-order valence-electron chi connectivity index (χ2n) is 1.95. The van der Waals surface area contributed by atoms with Crippen molar-refractivity contribution in [2.75, 3.05) is 12.3 Å². The van der Waals surface area contributed by atoms with Gasteiger partial charge in [-0.1, -0.05) is 0 Å². The fourth-order valence-electron chi connectivity index (χ4n) is 0.728. The quantitative estimate of drug-likeness (QED) is 0.673. The van der Waals surface area contributed by atoms with Gasteiger partial charge in [0, 0.05) is 0 Å². The van der Waals surface area contributed by atoms with E-state index in [0.29, 0.717) is 0 Å². The number of hydrogen-bond donors (Lipinski definition) is 2. The maximum atomic E-state index is 10.00. The number of aliphatic hydroxyl groups is 1. The third-order valence-corrected chi connectivity index (χ3v) is 1.27. The highest BCUT2D eigenvalue weighted by Gasteiger charge is 2.05. The molecule has 0 unspecified atom stereocenters. The van der Waals surface area contributed by atoms with E-state index < -0.39 is 0 Å². The number of halogens is 1. The van der Waals surface area contributed by atoms with Gasteiger partial charge in [0.25, 0.3) is 0 Å². The van der Waals surface area contributed by atoms with Crippen molar-refractivity contribution in [3.05, 3.63) is 11.1 Å². The van der Waals surface area contributed by atoms with Gasteiger partial charge in [-0.15, -0.1) is 17.3 Å². The molecule has 68 valence electrons. The zero-order valence-electron chi connectivity index (χ0n) is 6.17. The summed E-state index contributed by atoms with van der Waals surface area (Å²) in [5.74, 6) is 0.189. The topological polar surface area (TPSA) is 93.5 Å². The first-order valence-corrected chi connectivity index (χ1v) is 3.05. The van der Waals surface area contributed by atoms with Crippen molar-refractivity contribution in [1.82, 2.24) is 9.78 Å². The number of nitroso groups, excluding NO2 is 1. The van der Waals surface area contributed by atoms with Crippen molar-refractivity contribution in [1.29, 1.82) is 0 Å². The van der Waals surface area contributed by atoms with Gasteiger partial charge >= 0.3 is 0 Å². The van der Waals surface area contributed by atoms with Crippen LogP contribution in [0.25, 0.3) is 0 Å². The van der Waals surface area contributed by atoms with Crippen LogP contribution in [0.15, 0.2) is 11.4 Å². The lowest BCUT2D eigenvalue weighted by atomic mass is 10.5. The predicted octanol–water partition coefficient (Wildman–Crippen LogP) is 0.277. The van der Waals surface area contributed by atoms with Crippen LogP contribution in [0.3, 0.4) is 0 Å². The summed E-state index contributed by atoms with van der Waals surface area (Å²) in [7, 11) is 0. The molecular weight excluding hydrogens is 184 g/mol. The predicted molar refractivity (Wildman–Crippen MR) is 46.4 cm³/mol. The highest BCUT2D eigenvalue weighted by atomic mass is 35.5. The Kier molecular flexibility index (Phi) is 4.24. The molecule has 1 aromatic heterocycles. The zero-order chi connectivity index (χ0) is 8.27. The SMILES string of the molecule is Cl.Nc1c(N=O)cnn1CCO. The van der Waals surface area contributed by atoms with Gasteiger partial charge in [-0.05, 0) is 5.18 Å². The average Bonchev–Trinajstić information content (AvgIpc) is 2.34. The summed E-state index contributed by atoms with van der Waals surface area (Å²) in [6.45, 7) is 0.214. The minimum atomic E-state index is -0.0653. The van der Waals surface area contributed by atoms with Crippen molar-refractivity contribution in [3.8, 4) is 0 Å². The summed E-state index contributed by atoms with van der Waals surface area (Å²) >= 11 is 0. The molecule has 0 bridgehead atoms. The highest BCUT2D eigenvalue weighted by Crippen LogP contribution is 2.19. The molecule has 0 saturated heterocycles. The Labute approximate surface area is 74.8 Å². The van der Waals surface area contributed by atoms with E-state index in [-0.39, 0.29) is 37.1 Å². The van der Waals surface area contributed by atoms with Gasteiger partial charge in [0.15, 0.2) is 11.5 Å². The number of nitrogen functional groups attached to an aromatic ring is 1. The van der Waals surface area contributed by atoms with Gasteiger partial charge in [-0.3, -0.25) is 0 Å². The first-order valence-electron chi connectivity index (χ1n) is 3.05. The second kappa shape index (κ2) is 4.68. The molecule has 0 amide bonds. The highest BCUT2D eigenvalue weighted by molar-refractivity contribution is 5.85. The first kappa shape index (κ1) is 10.9. The molecule has 0 aliphatic heterocycles. The van der Waals surface area contributed by atoms with Gasteiger partial charge in [-0.25, -0.2) is 4.68 Å². The Morgan fingerprint density at radius 1 is 1.75 bits per heavy atom. The Morgan fingerprint density at radius 3 is 2.83 bits per heavy atom. The molecule has 1 heterocycles. The molecule has 1 rings (SSSR count). The van der Waals surface area contributed by atoms with Gasteiger partial charge in [0.1, 0.15) is 0 Å². The molecule has 0 aliphatic rings. The molecule has 0 fully saturated rings. The standard InChI is InChI=1S/C5H8N4O2.ClH/c6-5-4(8-11)3-7-9(5)1-2-10;/h3,10H,1-2,6H2;1H. The van der Waals surface area contributed by atoms with Crippen LogP contribution in [0.5, 0.6) is 0 Å². The van der Waals surface area contributed by atoms with Crippen LogP contribution in [0.2, 0.25) is 0 Å². The zero-order valence-corrected chi connectivity index (χ0v) is 6.99. The number of nitrogens with two attached hydrogens (primary N) is 1. The molecule has 0 spiro atoms. The van der Waals surface area contributed by atoms with E-state index in [9.17, 15) is 4.91 Å². The lowest BCUT2D eigenvalue weighted by Gasteiger charge is -1.98. The van der Waals surface area contributed by atoms with Crippen LogP contribution in [0.4, 0.5) is 11.5 Å². The summed E-state index contributed by atoms with van der Waals surface area (Å²) in [6, 6.07) is 0. The number of nitrogens with zero attached hydrogens (tertiary/aromatic N) is 3. The number of anilines is 1. The van der Waals surface area contributed by atoms with Crippen LogP contribution in [-0.4, -0.2) is 21.5 Å². The van der Waals surface area contributed by atoms with E-state index >= 15 is 0 Å². The summed E-state index contributed by atoms with van der Waals surface area (Å²) in [4.78, 5) is 10.00. The van der Waals surface area contributed by atoms with E-state index in [1.807, 2.05) is 0 Å². The molecule has 0 saturated carbocycles. The van der Waals surface area contributed by atoms with E-state index in [0.717, 1.165) is 0 Å². The second-order valence-corrected chi connectivity index (χ2v) is 1.95. The van der Waals surface area contributed by atoms with Crippen LogP contribution in [0, 0.1) is 4.91 Å². The monoisotopic (exact) mass is 192 g/mol. The number of hydrogen-bond acceptors (Lipinski definition) is 5. The minimum Gasteiger partial charge on any atom is -0.394 e. The Bertz CT molecular complexity index is 262. The third-order valence-electron chi connectivity index (χ3n) is 1.27. The lowest BCUT2D eigenvalue weighted by Crippen LogP contribution is -2.07. The largest absolute Gasteiger partial charge is 0.394 e. The summed E-state index contributed by atoms with van der Waals surface area (Å²) < 4.78 is 1.32. The van der Waals surface area contributed by atoms with Gasteiger partial charge < -0.3 is 10.8 Å².